The third-order valence-corrected chi connectivity index (χ3v) is 4.82. The minimum atomic E-state index is -1.02. The molecule has 0 saturated carbocycles. The van der Waals surface area contributed by atoms with Crippen molar-refractivity contribution in [2.75, 3.05) is 18.4 Å². The van der Waals surface area contributed by atoms with E-state index in [1.165, 1.54) is 0 Å². The second kappa shape index (κ2) is 8.39. The van der Waals surface area contributed by atoms with Crippen LogP contribution >= 0.6 is 0 Å². The maximum atomic E-state index is 12.9. The van der Waals surface area contributed by atoms with Crippen LogP contribution in [0.2, 0.25) is 0 Å². The standard InChI is InChI=1S/C19H21N3O6/c23-15-9-8-12(11-21(15)28)22-18(26)13-5-4-6-14(17(13)19(22)27)20-10-3-1-2-7-16(24)25/h4-6,12,15,20-21,23H,3,7-11H2,(H,24,25). The Hall–Kier alpha value is -2.93. The second-order valence-electron chi connectivity index (χ2n) is 6.73. The van der Waals surface area contributed by atoms with Crippen molar-refractivity contribution < 1.29 is 29.7 Å². The number of benzene rings is 1. The van der Waals surface area contributed by atoms with Gasteiger partial charge in [0, 0.05) is 25.1 Å². The zero-order valence-corrected chi connectivity index (χ0v) is 15.1. The van der Waals surface area contributed by atoms with Crippen molar-refractivity contribution in [3.63, 3.8) is 0 Å². The smallest absolute Gasteiger partial charge is 0.315 e. The van der Waals surface area contributed by atoms with E-state index in [0.717, 1.165) is 4.90 Å². The summed E-state index contributed by atoms with van der Waals surface area (Å²) in [5, 5.41) is 32.7. The molecule has 2 aliphatic heterocycles. The van der Waals surface area contributed by atoms with Gasteiger partial charge < -0.3 is 25.8 Å². The van der Waals surface area contributed by atoms with Crippen LogP contribution in [0, 0.1) is 17.0 Å². The van der Waals surface area contributed by atoms with Gasteiger partial charge in [0.1, 0.15) is 13.0 Å². The summed E-state index contributed by atoms with van der Waals surface area (Å²) in [6, 6.07) is 4.39. The molecule has 3 atom stereocenters. The summed E-state index contributed by atoms with van der Waals surface area (Å²) in [7, 11) is 0. The summed E-state index contributed by atoms with van der Waals surface area (Å²) in [6.45, 7) is 0.354. The summed E-state index contributed by atoms with van der Waals surface area (Å²) in [5.41, 5.74) is 1.05. The molecule has 3 rings (SSSR count). The molecule has 2 heterocycles. The van der Waals surface area contributed by atoms with Gasteiger partial charge in [-0.05, 0) is 18.6 Å². The van der Waals surface area contributed by atoms with Crippen LogP contribution in [0.3, 0.4) is 0 Å². The van der Waals surface area contributed by atoms with Crippen LogP contribution in [0.4, 0.5) is 5.69 Å². The van der Waals surface area contributed by atoms with E-state index in [2.05, 4.69) is 17.2 Å². The third kappa shape index (κ3) is 3.99. The Morgan fingerprint density at radius 1 is 1.29 bits per heavy atom. The van der Waals surface area contributed by atoms with Crippen molar-refractivity contribution in [1.29, 1.82) is 0 Å². The number of aliphatic carboxylic acids is 1. The fourth-order valence-electron chi connectivity index (χ4n) is 3.47. The van der Waals surface area contributed by atoms with Crippen molar-refractivity contribution in [1.82, 2.24) is 4.90 Å². The predicted octanol–water partition coefficient (Wildman–Crippen LogP) is -0.574. The van der Waals surface area contributed by atoms with E-state index in [4.69, 9.17) is 5.11 Å². The summed E-state index contributed by atoms with van der Waals surface area (Å²) >= 11 is 0. The average molecular weight is 387 g/mol. The lowest BCUT2D eigenvalue weighted by molar-refractivity contribution is -0.907. The molecular weight excluding hydrogens is 366 g/mol. The van der Waals surface area contributed by atoms with Crippen LogP contribution in [0.5, 0.6) is 0 Å². The van der Waals surface area contributed by atoms with Crippen molar-refractivity contribution in [3.8, 4) is 11.8 Å². The Labute approximate surface area is 161 Å². The van der Waals surface area contributed by atoms with Crippen molar-refractivity contribution in [2.45, 2.75) is 38.0 Å². The number of carboxylic acid groups (broad SMARTS) is 1. The average Bonchev–Trinajstić information content (AvgIpc) is 2.92. The lowest BCUT2D eigenvalue weighted by atomic mass is 10.0. The highest BCUT2D eigenvalue weighted by molar-refractivity contribution is 6.24. The van der Waals surface area contributed by atoms with Crippen molar-refractivity contribution in [2.24, 2.45) is 0 Å². The first kappa shape index (κ1) is 19.8. The molecule has 9 nitrogen and oxygen atoms in total. The monoisotopic (exact) mass is 387 g/mol. The first-order valence-corrected chi connectivity index (χ1v) is 9.03. The predicted molar refractivity (Wildman–Crippen MR) is 98.3 cm³/mol. The van der Waals surface area contributed by atoms with Gasteiger partial charge in [0.25, 0.3) is 11.8 Å². The molecule has 1 aromatic rings. The molecule has 1 aromatic carbocycles. The summed E-state index contributed by atoms with van der Waals surface area (Å²) in [6.07, 6.45) is -0.238. The van der Waals surface area contributed by atoms with E-state index in [1.54, 1.807) is 18.2 Å². The normalized spacial score (nSPS) is 23.8. The fraction of sp³-hybridized carbons (Fsp3) is 0.421. The number of aliphatic hydroxyl groups is 1. The molecule has 9 heteroatoms. The van der Waals surface area contributed by atoms with E-state index >= 15 is 0 Å². The van der Waals surface area contributed by atoms with E-state index in [-0.39, 0.29) is 35.6 Å². The minimum absolute atomic E-state index is 0.0332. The lowest BCUT2D eigenvalue weighted by Crippen LogP contribution is -3.14. The zero-order valence-electron chi connectivity index (χ0n) is 15.1. The third-order valence-electron chi connectivity index (χ3n) is 4.82. The molecule has 1 fully saturated rings. The van der Waals surface area contributed by atoms with Gasteiger partial charge in [-0.1, -0.05) is 12.0 Å². The highest BCUT2D eigenvalue weighted by Gasteiger charge is 2.44. The van der Waals surface area contributed by atoms with Crippen molar-refractivity contribution in [3.05, 3.63) is 34.5 Å². The van der Waals surface area contributed by atoms with Gasteiger partial charge in [0.15, 0.2) is 6.23 Å². The topological polar surface area (TPSA) is 134 Å². The zero-order chi connectivity index (χ0) is 20.3. The van der Waals surface area contributed by atoms with Gasteiger partial charge in [-0.3, -0.25) is 19.3 Å². The number of hydrogen-bond acceptors (Lipinski definition) is 6. The number of hydroxylamine groups is 2. The van der Waals surface area contributed by atoms with Gasteiger partial charge >= 0.3 is 5.97 Å². The molecule has 28 heavy (non-hydrogen) atoms. The molecule has 1 saturated heterocycles. The summed E-state index contributed by atoms with van der Waals surface area (Å²) in [4.78, 5) is 37.2. The Kier molecular flexibility index (Phi) is 5.94. The molecule has 0 radical (unpaired) electrons. The Bertz CT molecular complexity index is 859. The molecule has 2 amide bonds. The molecule has 148 valence electrons. The molecular formula is C19H21N3O6. The van der Waals surface area contributed by atoms with Crippen LogP contribution < -0.4 is 10.4 Å². The van der Waals surface area contributed by atoms with Crippen LogP contribution in [0.15, 0.2) is 18.2 Å². The number of quaternary nitrogens is 1. The van der Waals surface area contributed by atoms with Gasteiger partial charge in [-0.2, -0.15) is 0 Å². The number of fused-ring (bicyclic) bond motifs is 1. The largest absolute Gasteiger partial charge is 0.632 e. The first-order chi connectivity index (χ1) is 13.4. The number of hydrogen-bond donors (Lipinski definition) is 4. The molecule has 4 N–H and O–H groups in total. The number of imide groups is 1. The van der Waals surface area contributed by atoms with Crippen LogP contribution in [0.25, 0.3) is 0 Å². The van der Waals surface area contributed by atoms with E-state index in [1.807, 2.05) is 0 Å². The maximum Gasteiger partial charge on any atom is 0.315 e. The number of amides is 2. The van der Waals surface area contributed by atoms with Crippen LogP contribution in [0.1, 0.15) is 46.4 Å². The minimum Gasteiger partial charge on any atom is -0.632 e. The van der Waals surface area contributed by atoms with Gasteiger partial charge in [-0.15, -0.1) is 5.92 Å². The maximum absolute atomic E-state index is 12.9. The van der Waals surface area contributed by atoms with E-state index in [0.29, 0.717) is 25.1 Å². The van der Waals surface area contributed by atoms with Gasteiger partial charge in [0.2, 0.25) is 0 Å². The molecule has 3 unspecified atom stereocenters. The van der Waals surface area contributed by atoms with Crippen molar-refractivity contribution >= 4 is 23.5 Å². The lowest BCUT2D eigenvalue weighted by Gasteiger charge is -2.38. The van der Waals surface area contributed by atoms with E-state index < -0.39 is 30.1 Å². The number of rotatable bonds is 5. The molecule has 0 spiro atoms. The number of aliphatic hydroxyl groups excluding tert-OH is 1. The molecule has 2 aliphatic rings. The Morgan fingerprint density at radius 2 is 2.07 bits per heavy atom. The van der Waals surface area contributed by atoms with Crippen LogP contribution in [-0.4, -0.2) is 58.3 Å². The number of piperidine rings is 1. The summed E-state index contributed by atoms with van der Waals surface area (Å²) < 4.78 is 0. The number of carbonyl (C=O) groups is 3. The van der Waals surface area contributed by atoms with Gasteiger partial charge in [0.05, 0.1) is 17.2 Å². The Balaban J connectivity index is 1.71. The number of nitrogens with one attached hydrogen (secondary N) is 2. The van der Waals surface area contributed by atoms with Crippen LogP contribution in [-0.2, 0) is 4.79 Å². The fourth-order valence-corrected chi connectivity index (χ4v) is 3.47. The SMILES string of the molecule is O=C(O)CC#CCCNc1cccc2c1C(=O)N(C1CCC(O)[NH+]([O-])C1)C2=O. The van der Waals surface area contributed by atoms with E-state index in [9.17, 15) is 24.7 Å². The second-order valence-corrected chi connectivity index (χ2v) is 6.73. The highest BCUT2D eigenvalue weighted by Crippen LogP contribution is 2.31. The first-order valence-electron chi connectivity index (χ1n) is 9.03. The highest BCUT2D eigenvalue weighted by atomic mass is 16.5. The number of carbonyl (C=O) groups excluding carboxylic acids is 2. The number of carboxylic acids is 1. The number of nitrogens with zero attached hydrogens (tertiary/aromatic N) is 1. The quantitative estimate of drug-likeness (QED) is 0.230. The molecule has 0 aromatic heterocycles. The number of anilines is 1. The van der Waals surface area contributed by atoms with Gasteiger partial charge in [-0.25, -0.2) is 0 Å². The summed E-state index contributed by atoms with van der Waals surface area (Å²) in [5.74, 6) is 3.39. The molecule has 0 bridgehead atoms. The Morgan fingerprint density at radius 3 is 2.79 bits per heavy atom. The molecule has 0 aliphatic carbocycles.